The molecule has 1 unspecified atom stereocenters. The summed E-state index contributed by atoms with van der Waals surface area (Å²) in [5, 5.41) is 26.6. The minimum Gasteiger partial charge on any atom is -0.481 e. The maximum atomic E-state index is 11.3. The molecule has 0 aliphatic carbocycles. The molecule has 1 aromatic carbocycles. The van der Waals surface area contributed by atoms with Gasteiger partial charge in [-0.05, 0) is 31.0 Å². The fraction of sp³-hybridized carbons (Fsp3) is 0.308. The topological polar surface area (TPSA) is 98.4 Å². The molecule has 0 fully saturated rings. The number of aliphatic carboxylic acids is 2. The van der Waals surface area contributed by atoms with E-state index >= 15 is 0 Å². The van der Waals surface area contributed by atoms with Crippen LogP contribution in [0.25, 0.3) is 0 Å². The molecule has 0 saturated heterocycles. The van der Waals surface area contributed by atoms with Crippen LogP contribution in [0.4, 0.5) is 0 Å². The summed E-state index contributed by atoms with van der Waals surface area (Å²) in [6.45, 7) is 1.49. The maximum absolute atomic E-state index is 11.3. The number of carboxylic acid groups (broad SMARTS) is 2. The normalized spacial score (nSPS) is 13.3. The predicted molar refractivity (Wildman–Crippen MR) is 63.0 cm³/mol. The highest BCUT2D eigenvalue weighted by atomic mass is 16.4. The van der Waals surface area contributed by atoms with Crippen LogP contribution in [0, 0.1) is 11.3 Å². The quantitative estimate of drug-likeness (QED) is 0.826. The van der Waals surface area contributed by atoms with Gasteiger partial charge in [0.1, 0.15) is 0 Å². The molecule has 0 radical (unpaired) electrons. The molecule has 0 aliphatic heterocycles. The highest BCUT2D eigenvalue weighted by Gasteiger charge is 2.35. The van der Waals surface area contributed by atoms with Gasteiger partial charge in [-0.3, -0.25) is 9.59 Å². The molecule has 0 saturated carbocycles. The average molecular weight is 247 g/mol. The summed E-state index contributed by atoms with van der Waals surface area (Å²) in [5.41, 5.74) is -0.327. The number of nitriles is 1. The van der Waals surface area contributed by atoms with Crippen LogP contribution in [0.5, 0.6) is 0 Å². The van der Waals surface area contributed by atoms with Crippen LogP contribution in [-0.4, -0.2) is 22.2 Å². The summed E-state index contributed by atoms with van der Waals surface area (Å²) in [7, 11) is 0. The van der Waals surface area contributed by atoms with Crippen molar-refractivity contribution in [2.24, 2.45) is 0 Å². The van der Waals surface area contributed by atoms with Gasteiger partial charge in [-0.2, -0.15) is 5.26 Å². The number of carbonyl (C=O) groups is 2. The van der Waals surface area contributed by atoms with Crippen molar-refractivity contribution >= 4 is 11.9 Å². The highest BCUT2D eigenvalue weighted by molar-refractivity contribution is 5.81. The molecule has 0 heterocycles. The summed E-state index contributed by atoms with van der Waals surface area (Å²) in [5.74, 6) is -2.11. The molecule has 5 heteroatoms. The summed E-state index contributed by atoms with van der Waals surface area (Å²) in [6.07, 6.45) is -0.216. The van der Waals surface area contributed by atoms with Gasteiger partial charge in [0.15, 0.2) is 0 Å². The maximum Gasteiger partial charge on any atom is 0.313 e. The Morgan fingerprint density at radius 1 is 1.28 bits per heavy atom. The Morgan fingerprint density at radius 3 is 2.22 bits per heavy atom. The second-order valence-corrected chi connectivity index (χ2v) is 4.22. The van der Waals surface area contributed by atoms with E-state index in [1.54, 1.807) is 12.1 Å². The van der Waals surface area contributed by atoms with Crippen LogP contribution >= 0.6 is 0 Å². The minimum atomic E-state index is -1.26. The van der Waals surface area contributed by atoms with Crippen molar-refractivity contribution in [2.45, 2.75) is 25.2 Å². The fourth-order valence-electron chi connectivity index (χ4n) is 1.64. The summed E-state index contributed by atoms with van der Waals surface area (Å²) in [4.78, 5) is 21.9. The van der Waals surface area contributed by atoms with E-state index in [0.717, 1.165) is 0 Å². The van der Waals surface area contributed by atoms with Crippen molar-refractivity contribution in [3.63, 3.8) is 0 Å². The Morgan fingerprint density at radius 2 is 1.83 bits per heavy atom. The van der Waals surface area contributed by atoms with Gasteiger partial charge in [0.05, 0.1) is 17.0 Å². The third-order valence-electron chi connectivity index (χ3n) is 2.96. The van der Waals surface area contributed by atoms with E-state index in [-0.39, 0.29) is 12.8 Å². The first-order valence-electron chi connectivity index (χ1n) is 5.36. The third kappa shape index (κ3) is 2.86. The van der Waals surface area contributed by atoms with E-state index in [1.165, 1.54) is 19.1 Å². The number of rotatable bonds is 5. The van der Waals surface area contributed by atoms with Crippen LogP contribution in [0.2, 0.25) is 0 Å². The number of benzene rings is 1. The molecular formula is C13H13NO4. The van der Waals surface area contributed by atoms with Crippen LogP contribution in [-0.2, 0) is 15.0 Å². The van der Waals surface area contributed by atoms with Crippen molar-refractivity contribution in [1.29, 1.82) is 5.26 Å². The SMILES string of the molecule is CC(CCC(=O)O)(C(=O)O)c1ccc(C#N)cc1. The van der Waals surface area contributed by atoms with Crippen molar-refractivity contribution in [2.75, 3.05) is 0 Å². The lowest BCUT2D eigenvalue weighted by Gasteiger charge is -2.24. The first-order chi connectivity index (χ1) is 8.40. The number of hydrogen-bond donors (Lipinski definition) is 2. The number of carboxylic acids is 2. The van der Waals surface area contributed by atoms with Gasteiger partial charge in [-0.1, -0.05) is 12.1 Å². The fourth-order valence-corrected chi connectivity index (χ4v) is 1.64. The Bertz CT molecular complexity index is 501. The van der Waals surface area contributed by atoms with Crippen molar-refractivity contribution < 1.29 is 19.8 Å². The molecule has 0 aliphatic rings. The van der Waals surface area contributed by atoms with Crippen molar-refractivity contribution in [3.05, 3.63) is 35.4 Å². The summed E-state index contributed by atoms with van der Waals surface area (Å²) >= 11 is 0. The van der Waals surface area contributed by atoms with Gasteiger partial charge in [0, 0.05) is 6.42 Å². The molecule has 0 aromatic heterocycles. The Hall–Kier alpha value is -2.35. The zero-order valence-corrected chi connectivity index (χ0v) is 9.88. The number of nitrogens with zero attached hydrogens (tertiary/aromatic N) is 1. The number of hydrogen-bond acceptors (Lipinski definition) is 3. The molecule has 1 aromatic rings. The van der Waals surface area contributed by atoms with Gasteiger partial charge in [0.2, 0.25) is 0 Å². The molecule has 0 bridgehead atoms. The standard InChI is InChI=1S/C13H13NO4/c1-13(12(17)18,7-6-11(15)16)10-4-2-9(8-14)3-5-10/h2-5H,6-7H2,1H3,(H,15,16)(H,17,18). The van der Waals surface area contributed by atoms with Crippen LogP contribution < -0.4 is 0 Å². The molecule has 94 valence electrons. The van der Waals surface area contributed by atoms with Crippen molar-refractivity contribution in [1.82, 2.24) is 0 Å². The van der Waals surface area contributed by atoms with Crippen LogP contribution in [0.15, 0.2) is 24.3 Å². The third-order valence-corrected chi connectivity index (χ3v) is 2.96. The summed E-state index contributed by atoms with van der Waals surface area (Å²) < 4.78 is 0. The van der Waals surface area contributed by atoms with Gasteiger partial charge < -0.3 is 10.2 Å². The van der Waals surface area contributed by atoms with Crippen molar-refractivity contribution in [3.8, 4) is 6.07 Å². The highest BCUT2D eigenvalue weighted by Crippen LogP contribution is 2.29. The molecule has 1 atom stereocenters. The Balaban J connectivity index is 3.06. The van der Waals surface area contributed by atoms with Gasteiger partial charge >= 0.3 is 11.9 Å². The second kappa shape index (κ2) is 5.32. The van der Waals surface area contributed by atoms with E-state index in [9.17, 15) is 14.7 Å². The molecule has 0 spiro atoms. The first kappa shape index (κ1) is 13.7. The summed E-state index contributed by atoms with van der Waals surface area (Å²) in [6, 6.07) is 8.09. The van der Waals surface area contributed by atoms with Gasteiger partial charge in [-0.15, -0.1) is 0 Å². The lowest BCUT2D eigenvalue weighted by molar-refractivity contribution is -0.144. The molecular weight excluding hydrogens is 234 g/mol. The molecule has 5 nitrogen and oxygen atoms in total. The minimum absolute atomic E-state index is 0.00354. The molecule has 0 amide bonds. The van der Waals surface area contributed by atoms with E-state index < -0.39 is 17.4 Å². The zero-order valence-electron chi connectivity index (χ0n) is 9.88. The lowest BCUT2D eigenvalue weighted by atomic mass is 9.78. The van der Waals surface area contributed by atoms with Crippen LogP contribution in [0.3, 0.4) is 0 Å². The van der Waals surface area contributed by atoms with E-state index in [1.807, 2.05) is 6.07 Å². The Labute approximate surface area is 104 Å². The average Bonchev–Trinajstić information content (AvgIpc) is 2.35. The lowest BCUT2D eigenvalue weighted by Crippen LogP contribution is -2.33. The molecule has 1 rings (SSSR count). The van der Waals surface area contributed by atoms with Gasteiger partial charge in [-0.25, -0.2) is 0 Å². The second-order valence-electron chi connectivity index (χ2n) is 4.22. The predicted octanol–water partition coefficient (Wildman–Crippen LogP) is 1.77. The largest absolute Gasteiger partial charge is 0.481 e. The molecule has 18 heavy (non-hydrogen) atoms. The molecule has 2 N–H and O–H groups in total. The zero-order chi connectivity index (χ0) is 13.8. The Kier molecular flexibility index (Phi) is 4.05. The van der Waals surface area contributed by atoms with E-state index in [0.29, 0.717) is 11.1 Å². The van der Waals surface area contributed by atoms with Gasteiger partial charge in [0.25, 0.3) is 0 Å². The van der Waals surface area contributed by atoms with E-state index in [2.05, 4.69) is 0 Å². The monoisotopic (exact) mass is 247 g/mol. The van der Waals surface area contributed by atoms with E-state index in [4.69, 9.17) is 10.4 Å². The first-order valence-corrected chi connectivity index (χ1v) is 5.36. The van der Waals surface area contributed by atoms with Crippen LogP contribution in [0.1, 0.15) is 30.9 Å². The smallest absolute Gasteiger partial charge is 0.313 e.